The summed E-state index contributed by atoms with van der Waals surface area (Å²) in [6, 6.07) is -1.35. The smallest absolute Gasteiger partial charge is 0.328 e. The highest BCUT2D eigenvalue weighted by molar-refractivity contribution is 7.59. The van der Waals surface area contributed by atoms with Crippen LogP contribution < -0.4 is 22.1 Å². The first-order valence-corrected chi connectivity index (χ1v) is 9.36. The van der Waals surface area contributed by atoms with Gasteiger partial charge >= 0.3 is 5.97 Å². The number of hydrogen-bond donors (Lipinski definition) is 4. The van der Waals surface area contributed by atoms with Crippen LogP contribution in [0.1, 0.15) is 60.8 Å². The molecule has 0 saturated heterocycles. The third-order valence-corrected chi connectivity index (χ3v) is 3.82. The lowest BCUT2D eigenvalue weighted by Crippen LogP contribution is -2.49. The fraction of sp³-hybridized carbons (Fsp3) is 0.842. The number of aliphatic imine (C=N–C) groups is 1. The van der Waals surface area contributed by atoms with E-state index in [0.717, 1.165) is 6.42 Å². The number of esters is 1. The lowest BCUT2D eigenvalue weighted by atomic mass is 10.0. The Morgan fingerprint density at radius 1 is 1.11 bits per heavy atom. The fourth-order valence-corrected chi connectivity index (χ4v) is 2.21. The van der Waals surface area contributed by atoms with Gasteiger partial charge in [-0.15, -0.1) is 0 Å². The van der Waals surface area contributed by atoms with Crippen molar-refractivity contribution in [3.63, 3.8) is 0 Å². The maximum atomic E-state index is 12.3. The molecule has 0 aliphatic carbocycles. The lowest BCUT2D eigenvalue weighted by Gasteiger charge is -2.21. The van der Waals surface area contributed by atoms with Crippen LogP contribution in [0.3, 0.4) is 0 Å². The van der Waals surface area contributed by atoms with E-state index in [1.165, 1.54) is 0 Å². The van der Waals surface area contributed by atoms with E-state index in [1.807, 2.05) is 13.8 Å². The van der Waals surface area contributed by atoms with Gasteiger partial charge in [0.15, 0.2) is 5.96 Å². The minimum atomic E-state index is -0.685. The Labute approximate surface area is 178 Å². The number of nitrogens with zero attached hydrogens (tertiary/aromatic N) is 1. The van der Waals surface area contributed by atoms with Crippen LogP contribution in [0.4, 0.5) is 0 Å². The van der Waals surface area contributed by atoms with Crippen LogP contribution >= 0.6 is 13.5 Å². The molecule has 0 spiro atoms. The second-order valence-corrected chi connectivity index (χ2v) is 7.33. The van der Waals surface area contributed by atoms with Gasteiger partial charge in [-0.25, -0.2) is 4.79 Å². The Kier molecular flexibility index (Phi) is 19.6. The monoisotopic (exact) mass is 421 g/mol. The average molecular weight is 422 g/mol. The normalized spacial score (nSPS) is 13.2. The molecule has 0 aliphatic heterocycles. The van der Waals surface area contributed by atoms with Crippen molar-refractivity contribution in [2.45, 2.75) is 72.9 Å². The van der Waals surface area contributed by atoms with Crippen molar-refractivity contribution < 1.29 is 14.3 Å². The Bertz CT molecular complexity index is 459. The van der Waals surface area contributed by atoms with E-state index in [4.69, 9.17) is 16.2 Å². The standard InChI is InChI=1S/C18H37N5O3.CH4.H2S/c1-12(2)8-10-26-17(25)15(11-13(3)4)23-16(24)14(19)7-6-9-22-18(20)21-5;;/h12-15H,6-11,19H2,1-5H3,(H,23,24)(H3,20,21,22);1H4;1H2/t14-,15+;;/m1../s1. The van der Waals surface area contributed by atoms with Crippen molar-refractivity contribution in [2.75, 3.05) is 20.2 Å². The molecule has 9 heteroatoms. The van der Waals surface area contributed by atoms with Gasteiger partial charge in [-0.2, -0.15) is 13.5 Å². The molecule has 168 valence electrons. The first-order chi connectivity index (χ1) is 12.2. The van der Waals surface area contributed by atoms with E-state index in [-0.39, 0.29) is 32.7 Å². The van der Waals surface area contributed by atoms with Crippen molar-refractivity contribution in [3.05, 3.63) is 0 Å². The second kappa shape index (κ2) is 17.6. The summed E-state index contributed by atoms with van der Waals surface area (Å²) in [6.07, 6.45) is 2.46. The fourth-order valence-electron chi connectivity index (χ4n) is 2.21. The summed E-state index contributed by atoms with van der Waals surface area (Å²) in [4.78, 5) is 28.3. The van der Waals surface area contributed by atoms with Gasteiger partial charge in [0.05, 0.1) is 12.6 Å². The number of carbonyl (C=O) groups is 2. The Morgan fingerprint density at radius 3 is 2.21 bits per heavy atom. The zero-order chi connectivity index (χ0) is 20.1. The third-order valence-electron chi connectivity index (χ3n) is 3.82. The largest absolute Gasteiger partial charge is 0.464 e. The van der Waals surface area contributed by atoms with E-state index in [1.54, 1.807) is 7.05 Å². The van der Waals surface area contributed by atoms with Crippen molar-refractivity contribution >= 4 is 31.3 Å². The summed E-state index contributed by atoms with van der Waals surface area (Å²) < 4.78 is 5.30. The van der Waals surface area contributed by atoms with Crippen molar-refractivity contribution in [1.29, 1.82) is 0 Å². The molecule has 1 amide bonds. The first kappa shape index (κ1) is 31.2. The van der Waals surface area contributed by atoms with E-state index >= 15 is 0 Å². The van der Waals surface area contributed by atoms with Crippen molar-refractivity contribution in [3.8, 4) is 0 Å². The summed E-state index contributed by atoms with van der Waals surface area (Å²) in [5.74, 6) is 0.315. The van der Waals surface area contributed by atoms with Crippen LogP contribution in [0.25, 0.3) is 0 Å². The molecule has 0 saturated carbocycles. The maximum Gasteiger partial charge on any atom is 0.328 e. The summed E-state index contributed by atoms with van der Waals surface area (Å²) >= 11 is 0. The Balaban J connectivity index is -0.00000312. The number of guanidine groups is 1. The van der Waals surface area contributed by atoms with Crippen LogP contribution in [0.5, 0.6) is 0 Å². The molecular weight excluding hydrogens is 378 g/mol. The number of carbonyl (C=O) groups excluding carboxylic acids is 2. The number of nitrogens with two attached hydrogens (primary N) is 2. The van der Waals surface area contributed by atoms with Gasteiger partial charge in [-0.05, 0) is 37.5 Å². The molecule has 8 nitrogen and oxygen atoms in total. The molecular formula is C19H43N5O3S. The predicted molar refractivity (Wildman–Crippen MR) is 122 cm³/mol. The second-order valence-electron chi connectivity index (χ2n) is 7.33. The Morgan fingerprint density at radius 2 is 1.71 bits per heavy atom. The van der Waals surface area contributed by atoms with E-state index in [9.17, 15) is 9.59 Å². The number of rotatable bonds is 12. The van der Waals surface area contributed by atoms with Gasteiger partial charge in [-0.1, -0.05) is 35.1 Å². The van der Waals surface area contributed by atoms with Crippen LogP contribution in [-0.4, -0.2) is 50.1 Å². The third kappa shape index (κ3) is 15.6. The summed E-state index contributed by atoms with van der Waals surface area (Å²) in [5.41, 5.74) is 11.5. The van der Waals surface area contributed by atoms with Crippen molar-refractivity contribution in [2.24, 2.45) is 28.3 Å². The van der Waals surface area contributed by atoms with Gasteiger partial charge in [-0.3, -0.25) is 9.79 Å². The topological polar surface area (TPSA) is 132 Å². The minimum absolute atomic E-state index is 0. The molecule has 0 aromatic rings. The van der Waals surface area contributed by atoms with Crippen LogP contribution in [0, 0.1) is 11.8 Å². The molecule has 28 heavy (non-hydrogen) atoms. The predicted octanol–water partition coefficient (Wildman–Crippen LogP) is 1.50. The van der Waals surface area contributed by atoms with Gasteiger partial charge in [0.25, 0.3) is 0 Å². The number of nitrogens with one attached hydrogen (secondary N) is 2. The van der Waals surface area contributed by atoms with Gasteiger partial charge in [0.1, 0.15) is 6.04 Å². The van der Waals surface area contributed by atoms with Gasteiger partial charge in [0.2, 0.25) is 5.91 Å². The SMILES string of the molecule is C.CN=C(N)NCCC[C@@H](N)C(=O)N[C@@H](CC(C)C)C(=O)OCCC(C)C.S. The van der Waals surface area contributed by atoms with E-state index < -0.39 is 18.1 Å². The molecule has 0 heterocycles. The van der Waals surface area contributed by atoms with Crippen LogP contribution in [0.2, 0.25) is 0 Å². The number of ether oxygens (including phenoxy) is 1. The highest BCUT2D eigenvalue weighted by Crippen LogP contribution is 2.08. The molecule has 0 rings (SSSR count). The summed E-state index contributed by atoms with van der Waals surface area (Å²) in [7, 11) is 1.59. The number of amides is 1. The number of hydrogen-bond acceptors (Lipinski definition) is 5. The quantitative estimate of drug-likeness (QED) is 0.163. The molecule has 2 atom stereocenters. The van der Waals surface area contributed by atoms with Gasteiger partial charge in [0, 0.05) is 13.6 Å². The van der Waals surface area contributed by atoms with Gasteiger partial charge < -0.3 is 26.8 Å². The minimum Gasteiger partial charge on any atom is -0.464 e. The zero-order valence-electron chi connectivity index (χ0n) is 17.4. The first-order valence-electron chi connectivity index (χ1n) is 9.36. The van der Waals surface area contributed by atoms with E-state index in [2.05, 4.69) is 29.5 Å². The molecule has 0 unspecified atom stereocenters. The summed E-state index contributed by atoms with van der Waals surface area (Å²) in [5, 5.41) is 5.65. The van der Waals surface area contributed by atoms with Crippen LogP contribution in [-0.2, 0) is 14.3 Å². The molecule has 0 aliphatic rings. The maximum absolute atomic E-state index is 12.3. The van der Waals surface area contributed by atoms with E-state index in [0.29, 0.717) is 44.3 Å². The highest BCUT2D eigenvalue weighted by atomic mass is 32.1. The summed E-state index contributed by atoms with van der Waals surface area (Å²) in [6.45, 7) is 9.05. The highest BCUT2D eigenvalue weighted by Gasteiger charge is 2.25. The molecule has 0 bridgehead atoms. The Hall–Kier alpha value is -1.48. The van der Waals surface area contributed by atoms with Crippen molar-refractivity contribution in [1.82, 2.24) is 10.6 Å². The molecule has 0 aromatic carbocycles. The average Bonchev–Trinajstić information content (AvgIpc) is 2.56. The zero-order valence-corrected chi connectivity index (χ0v) is 18.4. The molecule has 0 aromatic heterocycles. The van der Waals surface area contributed by atoms with Crippen LogP contribution in [0.15, 0.2) is 4.99 Å². The molecule has 6 N–H and O–H groups in total. The molecule has 0 fully saturated rings. The molecule has 0 radical (unpaired) electrons. The lowest BCUT2D eigenvalue weighted by molar-refractivity contribution is -0.148.